The van der Waals surface area contributed by atoms with Crippen molar-refractivity contribution in [2.75, 3.05) is 0 Å². The molecule has 0 aromatic rings. The second-order valence-corrected chi connectivity index (χ2v) is 3.63. The monoisotopic (exact) mass is 208 g/mol. The maximum absolute atomic E-state index is 11.8. The second kappa shape index (κ2) is 4.82. The molecule has 1 rings (SSSR count). The van der Waals surface area contributed by atoms with Gasteiger partial charge in [0.15, 0.2) is 0 Å². The second-order valence-electron chi connectivity index (χ2n) is 3.63. The minimum atomic E-state index is -4.47. The van der Waals surface area contributed by atoms with Crippen molar-refractivity contribution in [1.82, 2.24) is 0 Å². The third-order valence-electron chi connectivity index (χ3n) is 2.48. The van der Waals surface area contributed by atoms with Crippen molar-refractivity contribution >= 4 is 0 Å². The van der Waals surface area contributed by atoms with E-state index in [1.807, 2.05) is 13.0 Å². The highest BCUT2D eigenvalue weighted by molar-refractivity contribution is 4.89. The first-order valence-corrected chi connectivity index (χ1v) is 4.88. The summed E-state index contributed by atoms with van der Waals surface area (Å²) < 4.78 is 39.5. The van der Waals surface area contributed by atoms with Gasteiger partial charge < -0.3 is 0 Å². The third-order valence-corrected chi connectivity index (χ3v) is 2.48. The molecule has 0 amide bonds. The number of allylic oxidation sites excluding steroid dienone is 2. The smallest absolute Gasteiger partial charge is 0.289 e. The molecule has 0 saturated heterocycles. The lowest BCUT2D eigenvalue weighted by atomic mass is 9.87. The number of rotatable bonds is 2. The molecule has 0 bridgehead atoms. The minimum Gasteiger partial charge on any atom is -0.289 e. The van der Waals surface area contributed by atoms with E-state index in [9.17, 15) is 13.2 Å². The fourth-order valence-corrected chi connectivity index (χ4v) is 1.86. The summed E-state index contributed by atoms with van der Waals surface area (Å²) in [4.78, 5) is 0. The van der Waals surface area contributed by atoms with Crippen LogP contribution >= 0.6 is 0 Å². The summed E-state index contributed by atoms with van der Waals surface area (Å²) >= 11 is 0. The van der Waals surface area contributed by atoms with Gasteiger partial charge in [0, 0.05) is 0 Å². The highest BCUT2D eigenvalue weighted by Crippen LogP contribution is 2.31. The molecule has 0 aromatic heterocycles. The van der Waals surface area contributed by atoms with Gasteiger partial charge in [-0.3, -0.25) is 4.74 Å². The first kappa shape index (κ1) is 11.6. The Morgan fingerprint density at radius 2 is 1.71 bits per heavy atom. The molecule has 1 saturated carbocycles. The van der Waals surface area contributed by atoms with Crippen molar-refractivity contribution in [2.45, 2.75) is 45.1 Å². The highest BCUT2D eigenvalue weighted by atomic mass is 19.4. The van der Waals surface area contributed by atoms with E-state index in [-0.39, 0.29) is 0 Å². The molecule has 0 N–H and O–H groups in total. The Hall–Kier alpha value is -0.510. The van der Waals surface area contributed by atoms with Crippen LogP contribution in [-0.4, -0.2) is 12.5 Å². The summed E-state index contributed by atoms with van der Waals surface area (Å²) in [7, 11) is 0. The summed E-state index contributed by atoms with van der Waals surface area (Å²) in [5.74, 6) is 0.438. The average molecular weight is 208 g/mol. The summed E-state index contributed by atoms with van der Waals surface area (Å²) in [6, 6.07) is 0. The Balaban J connectivity index is 2.29. The van der Waals surface area contributed by atoms with Gasteiger partial charge in [-0.15, -0.1) is 13.2 Å². The Morgan fingerprint density at radius 3 is 2.14 bits per heavy atom. The van der Waals surface area contributed by atoms with E-state index in [2.05, 4.69) is 10.8 Å². The lowest BCUT2D eigenvalue weighted by molar-refractivity contribution is -0.345. The molecule has 0 radical (unpaired) electrons. The van der Waals surface area contributed by atoms with Crippen LogP contribution in [-0.2, 0) is 4.74 Å². The lowest BCUT2D eigenvalue weighted by Gasteiger charge is -2.27. The molecule has 14 heavy (non-hydrogen) atoms. The van der Waals surface area contributed by atoms with E-state index in [4.69, 9.17) is 0 Å². The van der Waals surface area contributed by atoms with Crippen LogP contribution in [0.3, 0.4) is 0 Å². The lowest BCUT2D eigenvalue weighted by Crippen LogP contribution is -2.27. The van der Waals surface area contributed by atoms with E-state index in [0.717, 1.165) is 12.8 Å². The first-order valence-electron chi connectivity index (χ1n) is 4.88. The predicted octanol–water partition coefficient (Wildman–Crippen LogP) is 3.66. The zero-order valence-electron chi connectivity index (χ0n) is 8.18. The van der Waals surface area contributed by atoms with Crippen LogP contribution in [0.15, 0.2) is 12.2 Å². The van der Waals surface area contributed by atoms with Crippen molar-refractivity contribution in [1.29, 1.82) is 0 Å². The molecule has 0 aromatic carbocycles. The number of hydrogen-bond donors (Lipinski definition) is 0. The molecule has 0 unspecified atom stereocenters. The normalized spacial score (nSPS) is 29.7. The number of alkyl halides is 3. The van der Waals surface area contributed by atoms with Gasteiger partial charge in [0.05, 0.1) is 6.10 Å². The van der Waals surface area contributed by atoms with Crippen molar-refractivity contribution < 1.29 is 17.9 Å². The molecule has 82 valence electrons. The Morgan fingerprint density at radius 1 is 1.14 bits per heavy atom. The Bertz CT molecular complexity index is 190. The van der Waals surface area contributed by atoms with Crippen LogP contribution < -0.4 is 0 Å². The number of hydrogen-bond acceptors (Lipinski definition) is 1. The minimum absolute atomic E-state index is 0.438. The maximum atomic E-state index is 11.8. The third kappa shape index (κ3) is 4.13. The van der Waals surface area contributed by atoms with Crippen LogP contribution in [0, 0.1) is 5.92 Å². The van der Waals surface area contributed by atoms with Gasteiger partial charge in [0.2, 0.25) is 0 Å². The van der Waals surface area contributed by atoms with Gasteiger partial charge >= 0.3 is 6.36 Å². The molecule has 1 nitrogen and oxygen atoms in total. The van der Waals surface area contributed by atoms with E-state index in [1.165, 1.54) is 0 Å². The molecule has 4 heteroatoms. The van der Waals surface area contributed by atoms with Gasteiger partial charge in [-0.05, 0) is 38.5 Å². The van der Waals surface area contributed by atoms with Crippen LogP contribution in [0.2, 0.25) is 0 Å². The predicted molar refractivity (Wildman–Crippen MR) is 47.7 cm³/mol. The van der Waals surface area contributed by atoms with Gasteiger partial charge in [-0.2, -0.15) is 0 Å². The van der Waals surface area contributed by atoms with Crippen molar-refractivity contribution in [3.8, 4) is 0 Å². The Kier molecular flexibility index (Phi) is 3.98. The largest absolute Gasteiger partial charge is 0.522 e. The zero-order valence-corrected chi connectivity index (χ0v) is 8.18. The molecule has 0 spiro atoms. The summed E-state index contributed by atoms with van der Waals surface area (Å²) in [6.45, 7) is 1.93. The van der Waals surface area contributed by atoms with Gasteiger partial charge in [0.25, 0.3) is 0 Å². The van der Waals surface area contributed by atoms with Crippen molar-refractivity contribution in [2.24, 2.45) is 5.92 Å². The first-order chi connectivity index (χ1) is 6.51. The molecule has 0 heterocycles. The van der Waals surface area contributed by atoms with E-state index < -0.39 is 12.5 Å². The van der Waals surface area contributed by atoms with Gasteiger partial charge in [0.1, 0.15) is 0 Å². The summed E-state index contributed by atoms with van der Waals surface area (Å²) in [5.41, 5.74) is 0. The molecular weight excluding hydrogens is 193 g/mol. The molecule has 1 fully saturated rings. The van der Waals surface area contributed by atoms with Crippen LogP contribution in [0.5, 0.6) is 0 Å². The van der Waals surface area contributed by atoms with Crippen LogP contribution in [0.1, 0.15) is 32.6 Å². The topological polar surface area (TPSA) is 9.23 Å². The average Bonchev–Trinajstić information content (AvgIpc) is 2.06. The highest BCUT2D eigenvalue weighted by Gasteiger charge is 2.34. The quantitative estimate of drug-likeness (QED) is 0.629. The molecule has 1 aliphatic rings. The van der Waals surface area contributed by atoms with Gasteiger partial charge in [-0.25, -0.2) is 0 Å². The number of halogens is 3. The summed E-state index contributed by atoms with van der Waals surface area (Å²) in [6.07, 6.45) is 1.52. The molecular formula is C10H15F3O. The molecule has 0 aliphatic heterocycles. The standard InChI is InChI=1S/C10H15F3O/c1-2-3-8-4-6-9(7-5-8)14-10(11,12)13/h2-3,8-9H,4-7H2,1H3/b3-2+. The zero-order chi connectivity index (χ0) is 10.6. The van der Waals surface area contributed by atoms with Crippen LogP contribution in [0.4, 0.5) is 13.2 Å². The van der Waals surface area contributed by atoms with Crippen molar-refractivity contribution in [3.63, 3.8) is 0 Å². The molecule has 0 atom stereocenters. The number of ether oxygens (including phenoxy) is 1. The van der Waals surface area contributed by atoms with E-state index in [0.29, 0.717) is 18.8 Å². The summed E-state index contributed by atoms with van der Waals surface area (Å²) in [5, 5.41) is 0. The Labute approximate surface area is 81.9 Å². The molecule has 1 aliphatic carbocycles. The van der Waals surface area contributed by atoms with E-state index in [1.54, 1.807) is 0 Å². The maximum Gasteiger partial charge on any atom is 0.522 e. The fraction of sp³-hybridized carbons (Fsp3) is 0.800. The fourth-order valence-electron chi connectivity index (χ4n) is 1.86. The van der Waals surface area contributed by atoms with Crippen LogP contribution in [0.25, 0.3) is 0 Å². The van der Waals surface area contributed by atoms with E-state index >= 15 is 0 Å². The van der Waals surface area contributed by atoms with Crippen molar-refractivity contribution in [3.05, 3.63) is 12.2 Å². The van der Waals surface area contributed by atoms with Gasteiger partial charge in [-0.1, -0.05) is 12.2 Å². The SMILES string of the molecule is C/C=C/C1CCC(OC(F)(F)F)CC1.